The molecule has 2 rings (SSSR count). The zero-order valence-corrected chi connectivity index (χ0v) is 12.6. The first-order valence-electron chi connectivity index (χ1n) is 6.78. The molecule has 0 aromatic heterocycles. The van der Waals surface area contributed by atoms with Gasteiger partial charge in [0.1, 0.15) is 0 Å². The molecule has 0 spiro atoms. The van der Waals surface area contributed by atoms with E-state index in [1.54, 1.807) is 4.90 Å². The number of amides is 1. The van der Waals surface area contributed by atoms with Gasteiger partial charge in [0.15, 0.2) is 0 Å². The number of aryl methyl sites for hydroxylation is 1. The largest absolute Gasteiger partial charge is 0.311 e. The van der Waals surface area contributed by atoms with Crippen molar-refractivity contribution in [3.63, 3.8) is 0 Å². The second kappa shape index (κ2) is 5.93. The van der Waals surface area contributed by atoms with Crippen LogP contribution in [0.15, 0.2) is 24.3 Å². The fraction of sp³-hybridized carbons (Fsp3) is 0.500. The smallest absolute Gasteiger partial charge is 0.228 e. The molecular formula is C14H20N2O3S. The van der Waals surface area contributed by atoms with Gasteiger partial charge in [-0.3, -0.25) is 4.79 Å². The molecule has 6 heteroatoms. The van der Waals surface area contributed by atoms with Gasteiger partial charge in [0.25, 0.3) is 0 Å². The summed E-state index contributed by atoms with van der Waals surface area (Å²) < 4.78 is 26.1. The molecule has 1 aliphatic rings. The van der Waals surface area contributed by atoms with Gasteiger partial charge in [0.2, 0.25) is 15.9 Å². The normalized spacial score (nSPS) is 19.6. The Morgan fingerprint density at radius 2 is 1.95 bits per heavy atom. The van der Waals surface area contributed by atoms with Gasteiger partial charge in [-0.1, -0.05) is 24.6 Å². The van der Waals surface area contributed by atoms with E-state index in [2.05, 4.69) is 4.72 Å². The summed E-state index contributed by atoms with van der Waals surface area (Å²) in [6.45, 7) is 4.19. The zero-order valence-electron chi connectivity index (χ0n) is 11.8. The molecule has 1 aliphatic heterocycles. The lowest BCUT2D eigenvalue weighted by Crippen LogP contribution is -2.38. The molecule has 1 atom stereocenters. The Kier molecular flexibility index (Phi) is 4.45. The molecule has 1 unspecified atom stereocenters. The van der Waals surface area contributed by atoms with Crippen molar-refractivity contribution in [1.29, 1.82) is 0 Å². The highest BCUT2D eigenvalue weighted by molar-refractivity contribution is 7.89. The molecule has 1 saturated heterocycles. The summed E-state index contributed by atoms with van der Waals surface area (Å²) in [5, 5.41) is 0. The third-order valence-electron chi connectivity index (χ3n) is 3.29. The van der Waals surface area contributed by atoms with Crippen molar-refractivity contribution < 1.29 is 13.2 Å². The monoisotopic (exact) mass is 296 g/mol. The highest BCUT2D eigenvalue weighted by Gasteiger charge is 2.32. The Morgan fingerprint density at radius 1 is 1.30 bits per heavy atom. The van der Waals surface area contributed by atoms with Gasteiger partial charge in [-0.2, -0.15) is 0 Å². The minimum Gasteiger partial charge on any atom is -0.311 e. The van der Waals surface area contributed by atoms with Crippen LogP contribution in [0, 0.1) is 6.92 Å². The summed E-state index contributed by atoms with van der Waals surface area (Å²) in [5.74, 6) is 0.0560. The molecule has 110 valence electrons. The zero-order chi connectivity index (χ0) is 14.8. The summed E-state index contributed by atoms with van der Waals surface area (Å²) in [4.78, 5) is 13.6. The minimum absolute atomic E-state index is 0.0435. The number of carbonyl (C=O) groups is 1. The van der Waals surface area contributed by atoms with E-state index < -0.39 is 10.0 Å². The van der Waals surface area contributed by atoms with Crippen molar-refractivity contribution in [2.75, 3.05) is 17.2 Å². The molecule has 1 heterocycles. The summed E-state index contributed by atoms with van der Waals surface area (Å²) in [5.41, 5.74) is 1.94. The van der Waals surface area contributed by atoms with Crippen LogP contribution in [-0.2, 0) is 14.8 Å². The lowest BCUT2D eigenvalue weighted by Gasteiger charge is -2.17. The Balaban J connectivity index is 2.06. The van der Waals surface area contributed by atoms with Gasteiger partial charge >= 0.3 is 0 Å². The number of nitrogens with zero attached hydrogens (tertiary/aromatic N) is 1. The first-order chi connectivity index (χ1) is 9.41. The van der Waals surface area contributed by atoms with E-state index >= 15 is 0 Å². The molecule has 1 aromatic rings. The van der Waals surface area contributed by atoms with E-state index in [0.29, 0.717) is 13.0 Å². The third kappa shape index (κ3) is 3.58. The van der Waals surface area contributed by atoms with Crippen LogP contribution in [0.25, 0.3) is 0 Å². The Bertz CT molecular complexity index is 581. The van der Waals surface area contributed by atoms with Crippen molar-refractivity contribution in [2.24, 2.45) is 0 Å². The maximum absolute atomic E-state index is 12.0. The third-order valence-corrected chi connectivity index (χ3v) is 4.93. The van der Waals surface area contributed by atoms with Gasteiger partial charge in [-0.05, 0) is 25.5 Å². The number of nitrogens with one attached hydrogen (secondary N) is 1. The van der Waals surface area contributed by atoms with Crippen molar-refractivity contribution in [3.8, 4) is 0 Å². The first kappa shape index (κ1) is 15.0. The number of rotatable bonds is 5. The van der Waals surface area contributed by atoms with Crippen LogP contribution >= 0.6 is 0 Å². The topological polar surface area (TPSA) is 66.5 Å². The van der Waals surface area contributed by atoms with Gasteiger partial charge in [0.05, 0.1) is 5.75 Å². The molecule has 0 bridgehead atoms. The summed E-state index contributed by atoms with van der Waals surface area (Å²) in [7, 11) is -3.28. The van der Waals surface area contributed by atoms with Crippen molar-refractivity contribution >= 4 is 21.6 Å². The van der Waals surface area contributed by atoms with Crippen molar-refractivity contribution in [2.45, 2.75) is 32.7 Å². The SMILES string of the molecule is CCCS(=O)(=O)NC1CC(=O)N(c2ccc(C)cc2)C1. The average molecular weight is 296 g/mol. The number of hydrogen-bond donors (Lipinski definition) is 1. The van der Waals surface area contributed by atoms with E-state index in [1.165, 1.54) is 0 Å². The van der Waals surface area contributed by atoms with Crippen molar-refractivity contribution in [3.05, 3.63) is 29.8 Å². The average Bonchev–Trinajstić information content (AvgIpc) is 2.70. The fourth-order valence-electron chi connectivity index (χ4n) is 2.34. The Hall–Kier alpha value is -1.40. The van der Waals surface area contributed by atoms with Gasteiger partial charge < -0.3 is 4.90 Å². The molecule has 5 nitrogen and oxygen atoms in total. The van der Waals surface area contributed by atoms with Crippen LogP contribution < -0.4 is 9.62 Å². The summed E-state index contributed by atoms with van der Waals surface area (Å²) in [6.07, 6.45) is 0.786. The van der Waals surface area contributed by atoms with Gasteiger partial charge in [-0.25, -0.2) is 13.1 Å². The second-order valence-corrected chi connectivity index (χ2v) is 7.05. The summed E-state index contributed by atoms with van der Waals surface area (Å²) in [6, 6.07) is 7.32. The predicted molar refractivity (Wildman–Crippen MR) is 79.2 cm³/mol. The van der Waals surface area contributed by atoms with Crippen molar-refractivity contribution in [1.82, 2.24) is 4.72 Å². The molecule has 1 fully saturated rings. The Labute approximate surface area is 120 Å². The van der Waals surface area contributed by atoms with E-state index in [-0.39, 0.29) is 24.1 Å². The molecule has 20 heavy (non-hydrogen) atoms. The van der Waals surface area contributed by atoms with Crippen LogP contribution in [0.3, 0.4) is 0 Å². The minimum atomic E-state index is -3.28. The summed E-state index contributed by atoms with van der Waals surface area (Å²) >= 11 is 0. The van der Waals surface area contributed by atoms with Gasteiger partial charge in [0, 0.05) is 24.7 Å². The van der Waals surface area contributed by atoms with E-state index in [4.69, 9.17) is 0 Å². The number of carbonyl (C=O) groups excluding carboxylic acids is 1. The maximum Gasteiger partial charge on any atom is 0.228 e. The van der Waals surface area contributed by atoms with Gasteiger partial charge in [-0.15, -0.1) is 0 Å². The molecular weight excluding hydrogens is 276 g/mol. The van der Waals surface area contributed by atoms with Crippen LogP contribution in [0.1, 0.15) is 25.3 Å². The lowest BCUT2D eigenvalue weighted by molar-refractivity contribution is -0.117. The van der Waals surface area contributed by atoms with E-state index in [9.17, 15) is 13.2 Å². The van der Waals surface area contributed by atoms with E-state index in [0.717, 1.165) is 11.3 Å². The van der Waals surface area contributed by atoms with Crippen LogP contribution in [0.2, 0.25) is 0 Å². The predicted octanol–water partition coefficient (Wildman–Crippen LogP) is 1.43. The number of anilines is 1. The highest BCUT2D eigenvalue weighted by Crippen LogP contribution is 2.22. The molecule has 0 radical (unpaired) electrons. The maximum atomic E-state index is 12.0. The lowest BCUT2D eigenvalue weighted by atomic mass is 10.2. The molecule has 1 N–H and O–H groups in total. The molecule has 0 aliphatic carbocycles. The van der Waals surface area contributed by atoms with Crippen LogP contribution in [0.5, 0.6) is 0 Å². The Morgan fingerprint density at radius 3 is 2.55 bits per heavy atom. The molecule has 0 saturated carbocycles. The second-order valence-electron chi connectivity index (χ2n) is 5.18. The number of sulfonamides is 1. The number of benzene rings is 1. The number of hydrogen-bond acceptors (Lipinski definition) is 3. The highest BCUT2D eigenvalue weighted by atomic mass is 32.2. The van der Waals surface area contributed by atoms with Crippen LogP contribution in [-0.4, -0.2) is 32.7 Å². The molecule has 1 amide bonds. The standard InChI is InChI=1S/C14H20N2O3S/c1-3-8-20(18,19)15-12-9-14(17)16(10-12)13-6-4-11(2)5-7-13/h4-7,12,15H,3,8-10H2,1-2H3. The van der Waals surface area contributed by atoms with Crippen LogP contribution in [0.4, 0.5) is 5.69 Å². The first-order valence-corrected chi connectivity index (χ1v) is 8.43. The quantitative estimate of drug-likeness (QED) is 0.894. The fourth-order valence-corrected chi connectivity index (χ4v) is 3.66. The van der Waals surface area contributed by atoms with E-state index in [1.807, 2.05) is 38.1 Å². The molecule has 1 aromatic carbocycles.